The number of halogens is 1. The molecule has 1 N–H and O–H groups in total. The van der Waals surface area contributed by atoms with Crippen molar-refractivity contribution in [1.82, 2.24) is 4.90 Å². The lowest BCUT2D eigenvalue weighted by molar-refractivity contribution is -0.149. The molecule has 0 aromatic heterocycles. The fourth-order valence-electron chi connectivity index (χ4n) is 3.57. The third kappa shape index (κ3) is 9.72. The van der Waals surface area contributed by atoms with E-state index < -0.39 is 24.0 Å². The van der Waals surface area contributed by atoms with Gasteiger partial charge in [-0.3, -0.25) is 0 Å². The normalized spacial score (nSPS) is 11.5. The number of ether oxygens (including phenoxy) is 3. The summed E-state index contributed by atoms with van der Waals surface area (Å²) < 4.78 is 30.4. The molecule has 1 atom stereocenters. The van der Waals surface area contributed by atoms with E-state index in [0.29, 0.717) is 25.3 Å². The van der Waals surface area contributed by atoms with E-state index in [1.54, 1.807) is 49.0 Å². The predicted molar refractivity (Wildman–Crippen MR) is 144 cm³/mol. The standard InChI is InChI=1S/C29H32FNO6S/c1-2-35-27(28(32)33)21-22-13-15-23(16-14-22)36-19-18-31(17-8-20-38-24-9-4-3-5-10-24)29(34)37-26-12-7-6-11-25(26)30/h3-7,9-16,27H,2,8,17-21H2,1H3,(H,32,33). The zero-order valence-electron chi connectivity index (χ0n) is 21.3. The van der Waals surface area contributed by atoms with Gasteiger partial charge in [-0.2, -0.15) is 0 Å². The van der Waals surface area contributed by atoms with Crippen molar-refractivity contribution in [1.29, 1.82) is 0 Å². The molecule has 0 bridgehead atoms. The maximum absolute atomic E-state index is 14.0. The number of carboxylic acid groups (broad SMARTS) is 1. The maximum Gasteiger partial charge on any atom is 0.415 e. The second-order valence-electron chi connectivity index (χ2n) is 8.28. The lowest BCUT2D eigenvalue weighted by Gasteiger charge is -2.22. The number of thioether (sulfide) groups is 1. The van der Waals surface area contributed by atoms with Gasteiger partial charge in [0.05, 0.1) is 6.54 Å². The molecule has 0 saturated carbocycles. The van der Waals surface area contributed by atoms with E-state index in [0.717, 1.165) is 16.2 Å². The topological polar surface area (TPSA) is 85.3 Å². The van der Waals surface area contributed by atoms with Crippen LogP contribution in [0.15, 0.2) is 83.8 Å². The van der Waals surface area contributed by atoms with E-state index in [1.807, 2.05) is 30.3 Å². The van der Waals surface area contributed by atoms with E-state index in [1.165, 1.54) is 23.1 Å². The molecule has 0 heterocycles. The Kier molecular flexibility index (Phi) is 11.9. The highest BCUT2D eigenvalue weighted by atomic mass is 32.2. The van der Waals surface area contributed by atoms with Gasteiger partial charge in [-0.15, -0.1) is 11.8 Å². The monoisotopic (exact) mass is 541 g/mol. The molecule has 38 heavy (non-hydrogen) atoms. The summed E-state index contributed by atoms with van der Waals surface area (Å²) in [6, 6.07) is 22.8. The summed E-state index contributed by atoms with van der Waals surface area (Å²) in [5.74, 6) is -0.346. The van der Waals surface area contributed by atoms with Gasteiger partial charge in [0.25, 0.3) is 0 Å². The highest BCUT2D eigenvalue weighted by Gasteiger charge is 2.19. The smallest absolute Gasteiger partial charge is 0.415 e. The van der Waals surface area contributed by atoms with Crippen molar-refractivity contribution in [2.45, 2.75) is 30.8 Å². The third-order valence-corrected chi connectivity index (χ3v) is 6.59. The van der Waals surface area contributed by atoms with Crippen LogP contribution in [0.4, 0.5) is 9.18 Å². The summed E-state index contributed by atoms with van der Waals surface area (Å²) >= 11 is 1.70. The number of amides is 1. The van der Waals surface area contributed by atoms with Crippen LogP contribution in [0.25, 0.3) is 0 Å². The van der Waals surface area contributed by atoms with Gasteiger partial charge >= 0.3 is 12.1 Å². The predicted octanol–water partition coefficient (Wildman–Crippen LogP) is 5.92. The van der Waals surface area contributed by atoms with Crippen LogP contribution in [-0.2, 0) is 16.0 Å². The highest BCUT2D eigenvalue weighted by molar-refractivity contribution is 7.99. The summed E-state index contributed by atoms with van der Waals surface area (Å²) in [7, 11) is 0. The summed E-state index contributed by atoms with van der Waals surface area (Å²) in [5, 5.41) is 9.26. The number of carbonyl (C=O) groups is 2. The van der Waals surface area contributed by atoms with Gasteiger partial charge in [0.1, 0.15) is 12.4 Å². The summed E-state index contributed by atoms with van der Waals surface area (Å²) in [6.45, 7) is 2.94. The Morgan fingerprint density at radius 3 is 2.37 bits per heavy atom. The van der Waals surface area contributed by atoms with Gasteiger partial charge < -0.3 is 24.2 Å². The number of hydrogen-bond donors (Lipinski definition) is 1. The molecule has 0 aliphatic rings. The Balaban J connectivity index is 1.54. The molecular weight excluding hydrogens is 509 g/mol. The highest BCUT2D eigenvalue weighted by Crippen LogP contribution is 2.20. The van der Waals surface area contributed by atoms with Crippen molar-refractivity contribution in [3.63, 3.8) is 0 Å². The van der Waals surface area contributed by atoms with Gasteiger partial charge in [-0.25, -0.2) is 14.0 Å². The van der Waals surface area contributed by atoms with Crippen LogP contribution >= 0.6 is 11.8 Å². The lowest BCUT2D eigenvalue weighted by atomic mass is 10.1. The molecule has 0 fully saturated rings. The maximum atomic E-state index is 14.0. The second kappa shape index (κ2) is 15.6. The van der Waals surface area contributed by atoms with Crippen LogP contribution in [0.5, 0.6) is 11.5 Å². The molecule has 202 valence electrons. The second-order valence-corrected chi connectivity index (χ2v) is 9.45. The Bertz CT molecular complexity index is 1150. The first kappa shape index (κ1) is 29.0. The van der Waals surface area contributed by atoms with Gasteiger partial charge in [0.15, 0.2) is 17.7 Å². The van der Waals surface area contributed by atoms with Gasteiger partial charge in [0, 0.05) is 24.5 Å². The number of carbonyl (C=O) groups excluding carboxylic acids is 1. The van der Waals surface area contributed by atoms with Crippen LogP contribution in [0, 0.1) is 5.82 Å². The van der Waals surface area contributed by atoms with Crippen LogP contribution < -0.4 is 9.47 Å². The first-order valence-corrected chi connectivity index (χ1v) is 13.4. The zero-order valence-corrected chi connectivity index (χ0v) is 22.1. The van der Waals surface area contributed by atoms with Crippen LogP contribution in [0.3, 0.4) is 0 Å². The summed E-state index contributed by atoms with van der Waals surface area (Å²) in [5.41, 5.74) is 0.809. The molecule has 0 saturated heterocycles. The molecule has 9 heteroatoms. The molecule has 3 aromatic carbocycles. The first-order valence-electron chi connectivity index (χ1n) is 12.4. The minimum absolute atomic E-state index is 0.121. The number of carboxylic acids is 1. The minimum Gasteiger partial charge on any atom is -0.492 e. The van der Waals surface area contributed by atoms with Crippen molar-refractivity contribution in [3.05, 3.63) is 90.2 Å². The molecule has 1 unspecified atom stereocenters. The first-order chi connectivity index (χ1) is 18.5. The average Bonchev–Trinajstić information content (AvgIpc) is 2.92. The number of hydrogen-bond acceptors (Lipinski definition) is 6. The molecule has 0 radical (unpaired) electrons. The van der Waals surface area contributed by atoms with E-state index in [2.05, 4.69) is 0 Å². The molecule has 3 aromatic rings. The van der Waals surface area contributed by atoms with Crippen LogP contribution in [-0.4, -0.2) is 60.2 Å². The SMILES string of the molecule is CCOC(Cc1ccc(OCCN(CCCSc2ccccc2)C(=O)Oc2ccccc2F)cc1)C(=O)O. The average molecular weight is 542 g/mol. The Labute approximate surface area is 226 Å². The summed E-state index contributed by atoms with van der Waals surface area (Å²) in [4.78, 5) is 26.8. The Hall–Kier alpha value is -3.56. The molecule has 3 rings (SSSR count). The molecule has 0 aliphatic heterocycles. The number of aliphatic carboxylic acids is 1. The van der Waals surface area contributed by atoms with E-state index in [9.17, 15) is 19.1 Å². The van der Waals surface area contributed by atoms with Crippen molar-refractivity contribution < 1.29 is 33.3 Å². The van der Waals surface area contributed by atoms with Crippen LogP contribution in [0.1, 0.15) is 18.9 Å². The van der Waals surface area contributed by atoms with Gasteiger partial charge in [-0.05, 0) is 61.1 Å². The molecule has 0 aliphatic carbocycles. The van der Waals surface area contributed by atoms with E-state index >= 15 is 0 Å². The lowest BCUT2D eigenvalue weighted by Crippen LogP contribution is -2.37. The minimum atomic E-state index is -1.00. The van der Waals surface area contributed by atoms with E-state index in [-0.39, 0.29) is 25.3 Å². The molecular formula is C29H32FNO6S. The van der Waals surface area contributed by atoms with E-state index in [4.69, 9.17) is 14.2 Å². The fourth-order valence-corrected chi connectivity index (χ4v) is 4.43. The van der Waals surface area contributed by atoms with Crippen molar-refractivity contribution in [3.8, 4) is 11.5 Å². The Morgan fingerprint density at radius 1 is 0.974 bits per heavy atom. The quantitative estimate of drug-likeness (QED) is 0.189. The third-order valence-electron chi connectivity index (χ3n) is 5.49. The molecule has 1 amide bonds. The van der Waals surface area contributed by atoms with Gasteiger partial charge in [0.2, 0.25) is 0 Å². The molecule has 0 spiro atoms. The number of para-hydroxylation sites is 1. The van der Waals surface area contributed by atoms with Gasteiger partial charge in [-0.1, -0.05) is 42.5 Å². The van der Waals surface area contributed by atoms with Crippen molar-refractivity contribution in [2.24, 2.45) is 0 Å². The largest absolute Gasteiger partial charge is 0.492 e. The number of nitrogens with zero attached hydrogens (tertiary/aromatic N) is 1. The fraction of sp³-hybridized carbons (Fsp3) is 0.310. The molecule has 7 nitrogen and oxygen atoms in total. The number of benzene rings is 3. The number of rotatable bonds is 15. The van der Waals surface area contributed by atoms with Crippen molar-refractivity contribution >= 4 is 23.8 Å². The Morgan fingerprint density at radius 2 is 1.68 bits per heavy atom. The van der Waals surface area contributed by atoms with Crippen LogP contribution in [0.2, 0.25) is 0 Å². The van der Waals surface area contributed by atoms with Crippen molar-refractivity contribution in [2.75, 3.05) is 32.1 Å². The zero-order chi connectivity index (χ0) is 27.2. The summed E-state index contributed by atoms with van der Waals surface area (Å²) in [6.07, 6.45) is -0.582.